The lowest BCUT2D eigenvalue weighted by atomic mass is 9.97. The molecule has 0 aliphatic carbocycles. The molecule has 2 aliphatic rings. The first-order valence-electron chi connectivity index (χ1n) is 9.15. The fraction of sp³-hybridized carbons (Fsp3) is 0.350. The smallest absolute Gasteiger partial charge is 0.262 e. The van der Waals surface area contributed by atoms with E-state index in [1.54, 1.807) is 41.3 Å². The van der Waals surface area contributed by atoms with Crippen molar-refractivity contribution in [2.75, 3.05) is 22.8 Å². The van der Waals surface area contributed by atoms with Gasteiger partial charge in [0.1, 0.15) is 5.75 Å². The number of para-hydroxylation sites is 2. The molecule has 1 amide bonds. The van der Waals surface area contributed by atoms with Gasteiger partial charge in [0.05, 0.1) is 28.8 Å². The Labute approximate surface area is 159 Å². The van der Waals surface area contributed by atoms with Gasteiger partial charge in [-0.2, -0.15) is 0 Å². The lowest BCUT2D eigenvalue weighted by Crippen LogP contribution is -2.32. The van der Waals surface area contributed by atoms with E-state index in [4.69, 9.17) is 4.74 Å². The second-order valence-corrected chi connectivity index (χ2v) is 8.55. The molecule has 0 aromatic heterocycles. The highest BCUT2D eigenvalue weighted by Crippen LogP contribution is 2.44. The number of carbonyl (C=O) groups excluding carboxylic acids is 1. The molecule has 1 atom stereocenters. The number of sulfonamides is 1. The molecule has 0 fully saturated rings. The molecule has 6 nitrogen and oxygen atoms in total. The van der Waals surface area contributed by atoms with Crippen LogP contribution in [0.15, 0.2) is 41.3 Å². The van der Waals surface area contributed by atoms with Crippen LogP contribution in [-0.2, 0) is 21.2 Å². The summed E-state index contributed by atoms with van der Waals surface area (Å²) in [6.07, 6.45) is 1.62. The number of amides is 1. The van der Waals surface area contributed by atoms with Crippen molar-refractivity contribution in [3.8, 4) is 5.75 Å². The van der Waals surface area contributed by atoms with Crippen molar-refractivity contribution in [2.45, 2.75) is 37.5 Å². The summed E-state index contributed by atoms with van der Waals surface area (Å²) in [5.41, 5.74) is 3.04. The molecule has 7 heteroatoms. The number of ether oxygens (including phenoxy) is 1. The van der Waals surface area contributed by atoms with Crippen LogP contribution in [-0.4, -0.2) is 27.5 Å². The fourth-order valence-electron chi connectivity index (χ4n) is 3.86. The highest BCUT2D eigenvalue weighted by atomic mass is 32.2. The molecule has 2 heterocycles. The van der Waals surface area contributed by atoms with Crippen LogP contribution >= 0.6 is 0 Å². The summed E-state index contributed by atoms with van der Waals surface area (Å²) in [5.74, 6) is 0.221. The van der Waals surface area contributed by atoms with E-state index in [9.17, 15) is 13.2 Å². The summed E-state index contributed by atoms with van der Waals surface area (Å²) in [6.45, 7) is 4.83. The standard InChI is InChI=1S/C20H22N2O4S/c1-3-26-18-9-5-4-8-17(18)21-27(24,25)15-11-14-7-6-10-22-19(14)16(12-15)13(2)20(22)23/h4-5,8-9,11-13,21H,3,6-7,10H2,1-2H3/t13-/m1/s1. The molecule has 0 bridgehead atoms. The number of aryl methyl sites for hydroxylation is 1. The molecular formula is C20H22N2O4S. The van der Waals surface area contributed by atoms with Crippen molar-refractivity contribution in [3.63, 3.8) is 0 Å². The Kier molecular flexibility index (Phi) is 4.34. The normalized spacial score (nSPS) is 18.4. The van der Waals surface area contributed by atoms with E-state index >= 15 is 0 Å². The summed E-state index contributed by atoms with van der Waals surface area (Å²) < 4.78 is 34.2. The van der Waals surface area contributed by atoms with Crippen molar-refractivity contribution in [1.82, 2.24) is 0 Å². The Hall–Kier alpha value is -2.54. The van der Waals surface area contributed by atoms with Gasteiger partial charge in [-0.3, -0.25) is 9.52 Å². The van der Waals surface area contributed by atoms with Crippen molar-refractivity contribution < 1.29 is 17.9 Å². The number of rotatable bonds is 5. The third kappa shape index (κ3) is 2.96. The minimum absolute atomic E-state index is 0.0511. The zero-order valence-electron chi connectivity index (χ0n) is 15.4. The van der Waals surface area contributed by atoms with Gasteiger partial charge in [0, 0.05) is 6.54 Å². The molecule has 2 aromatic carbocycles. The maximum atomic E-state index is 13.0. The topological polar surface area (TPSA) is 75.7 Å². The SMILES string of the molecule is CCOc1ccccc1NS(=O)(=O)c1cc2c3c(c1)[C@@H](C)C(=O)N3CCC2. The monoisotopic (exact) mass is 386 g/mol. The molecule has 0 saturated carbocycles. The molecule has 0 spiro atoms. The number of nitrogens with one attached hydrogen (secondary N) is 1. The largest absolute Gasteiger partial charge is 0.492 e. The van der Waals surface area contributed by atoms with Crippen LogP contribution in [0, 0.1) is 0 Å². The predicted octanol–water partition coefficient (Wildman–Crippen LogP) is 3.28. The lowest BCUT2D eigenvalue weighted by molar-refractivity contribution is -0.119. The first-order valence-corrected chi connectivity index (χ1v) is 10.6. The van der Waals surface area contributed by atoms with Gasteiger partial charge in [0.2, 0.25) is 5.91 Å². The van der Waals surface area contributed by atoms with Crippen LogP contribution in [0.25, 0.3) is 0 Å². The molecule has 4 rings (SSSR count). The average Bonchev–Trinajstić information content (AvgIpc) is 2.90. The highest BCUT2D eigenvalue weighted by molar-refractivity contribution is 7.92. The Morgan fingerprint density at radius 1 is 1.26 bits per heavy atom. The van der Waals surface area contributed by atoms with Gasteiger partial charge < -0.3 is 9.64 Å². The van der Waals surface area contributed by atoms with Crippen LogP contribution < -0.4 is 14.4 Å². The fourth-order valence-corrected chi connectivity index (χ4v) is 5.01. The maximum absolute atomic E-state index is 13.0. The molecule has 2 aliphatic heterocycles. The average molecular weight is 386 g/mol. The molecule has 0 radical (unpaired) electrons. The first-order chi connectivity index (χ1) is 12.9. The molecule has 0 saturated heterocycles. The summed E-state index contributed by atoms with van der Waals surface area (Å²) >= 11 is 0. The summed E-state index contributed by atoms with van der Waals surface area (Å²) in [5, 5.41) is 0. The third-order valence-corrected chi connectivity index (χ3v) is 6.48. The number of anilines is 2. The maximum Gasteiger partial charge on any atom is 0.262 e. The quantitative estimate of drug-likeness (QED) is 0.856. The van der Waals surface area contributed by atoms with Crippen molar-refractivity contribution in [1.29, 1.82) is 0 Å². The first kappa shape index (κ1) is 17.9. The van der Waals surface area contributed by atoms with E-state index in [0.29, 0.717) is 24.6 Å². The summed E-state index contributed by atoms with van der Waals surface area (Å²) in [7, 11) is -3.80. The molecular weight excluding hydrogens is 364 g/mol. The Bertz CT molecular complexity index is 1020. The second-order valence-electron chi connectivity index (χ2n) is 6.87. The number of hydrogen-bond acceptors (Lipinski definition) is 4. The van der Waals surface area contributed by atoms with E-state index in [-0.39, 0.29) is 16.7 Å². The number of hydrogen-bond donors (Lipinski definition) is 1. The van der Waals surface area contributed by atoms with Crippen molar-refractivity contribution >= 4 is 27.3 Å². The van der Waals surface area contributed by atoms with Crippen molar-refractivity contribution in [3.05, 3.63) is 47.5 Å². The van der Waals surface area contributed by atoms with Crippen LogP contribution in [0.5, 0.6) is 5.75 Å². The Morgan fingerprint density at radius 3 is 2.81 bits per heavy atom. The zero-order chi connectivity index (χ0) is 19.2. The van der Waals surface area contributed by atoms with Gasteiger partial charge in [-0.25, -0.2) is 8.42 Å². The molecule has 0 unspecified atom stereocenters. The molecule has 142 valence electrons. The van der Waals surface area contributed by atoms with Gasteiger partial charge in [0.15, 0.2) is 0 Å². The zero-order valence-corrected chi connectivity index (χ0v) is 16.2. The van der Waals surface area contributed by atoms with E-state index in [1.807, 2.05) is 13.8 Å². The third-order valence-electron chi connectivity index (χ3n) is 5.13. The number of carbonyl (C=O) groups is 1. The van der Waals surface area contributed by atoms with Crippen LogP contribution in [0.3, 0.4) is 0 Å². The number of benzene rings is 2. The summed E-state index contributed by atoms with van der Waals surface area (Å²) in [6, 6.07) is 10.3. The van der Waals surface area contributed by atoms with Gasteiger partial charge in [0.25, 0.3) is 10.0 Å². The second kappa shape index (κ2) is 6.56. The van der Waals surface area contributed by atoms with Crippen LogP contribution in [0.1, 0.15) is 37.3 Å². The van der Waals surface area contributed by atoms with Gasteiger partial charge in [-0.1, -0.05) is 12.1 Å². The minimum Gasteiger partial charge on any atom is -0.492 e. The Morgan fingerprint density at radius 2 is 2.04 bits per heavy atom. The van der Waals surface area contributed by atoms with Crippen molar-refractivity contribution in [2.24, 2.45) is 0 Å². The summed E-state index contributed by atoms with van der Waals surface area (Å²) in [4.78, 5) is 14.5. The van der Waals surface area contributed by atoms with Crippen LogP contribution in [0.4, 0.5) is 11.4 Å². The van der Waals surface area contributed by atoms with E-state index in [1.165, 1.54) is 0 Å². The van der Waals surface area contributed by atoms with E-state index < -0.39 is 10.0 Å². The van der Waals surface area contributed by atoms with E-state index in [2.05, 4.69) is 4.72 Å². The van der Waals surface area contributed by atoms with Gasteiger partial charge in [-0.15, -0.1) is 0 Å². The highest BCUT2D eigenvalue weighted by Gasteiger charge is 2.38. The minimum atomic E-state index is -3.80. The molecule has 1 N–H and O–H groups in total. The predicted molar refractivity (Wildman–Crippen MR) is 104 cm³/mol. The molecule has 27 heavy (non-hydrogen) atoms. The Balaban J connectivity index is 1.75. The number of nitrogens with zero attached hydrogens (tertiary/aromatic N) is 1. The van der Waals surface area contributed by atoms with Gasteiger partial charge in [-0.05, 0) is 62.1 Å². The van der Waals surface area contributed by atoms with Gasteiger partial charge >= 0.3 is 0 Å². The molecule has 2 aromatic rings. The van der Waals surface area contributed by atoms with E-state index in [0.717, 1.165) is 29.7 Å². The van der Waals surface area contributed by atoms with Crippen LogP contribution in [0.2, 0.25) is 0 Å². The lowest BCUT2D eigenvalue weighted by Gasteiger charge is -2.26.